The minimum atomic E-state index is -1.78. The molecule has 1 aromatic carbocycles. The van der Waals surface area contributed by atoms with E-state index in [1.54, 1.807) is 17.2 Å². The average Bonchev–Trinajstić information content (AvgIpc) is 3.61. The summed E-state index contributed by atoms with van der Waals surface area (Å²) in [6.07, 6.45) is 4.96. The molecule has 3 saturated heterocycles. The van der Waals surface area contributed by atoms with E-state index in [9.17, 15) is 19.6 Å². The molecular weight excluding hydrogens is 551 g/mol. The van der Waals surface area contributed by atoms with E-state index in [0.29, 0.717) is 24.6 Å². The maximum absolute atomic E-state index is 13.5. The summed E-state index contributed by atoms with van der Waals surface area (Å²) in [6.45, 7) is 17.7. The van der Waals surface area contributed by atoms with Crippen LogP contribution >= 0.6 is 0 Å². The highest BCUT2D eigenvalue weighted by Gasteiger charge is 2.36. The van der Waals surface area contributed by atoms with Gasteiger partial charge in [0.05, 0.1) is 38.0 Å². The first-order valence-electron chi connectivity index (χ1n) is 15.0. The number of nitrogens with zero attached hydrogens (tertiary/aromatic N) is 4. The zero-order valence-electron chi connectivity index (χ0n) is 24.9. The summed E-state index contributed by atoms with van der Waals surface area (Å²) in [5.41, 5.74) is 1.05. The second-order valence-electron chi connectivity index (χ2n) is 12.1. The second-order valence-corrected chi connectivity index (χ2v) is 12.1. The lowest BCUT2D eigenvalue weighted by Gasteiger charge is -2.47. The molecule has 0 unspecified atom stereocenters. The lowest BCUT2D eigenvalue weighted by atomic mass is 9.76. The van der Waals surface area contributed by atoms with Crippen LogP contribution in [0.5, 0.6) is 0 Å². The topological polar surface area (TPSA) is 135 Å². The van der Waals surface area contributed by atoms with Crippen LogP contribution in [-0.4, -0.2) is 120 Å². The number of likely N-dealkylation sites (tertiary alicyclic amines) is 1. The van der Waals surface area contributed by atoms with Crippen LogP contribution < -0.4 is 10.6 Å². The second kappa shape index (κ2) is 13.5. The van der Waals surface area contributed by atoms with Gasteiger partial charge in [-0.15, -0.1) is 0 Å². The number of piperazine rings is 1. The summed E-state index contributed by atoms with van der Waals surface area (Å²) in [7, 11) is -1.78. The van der Waals surface area contributed by atoms with E-state index in [0.717, 1.165) is 56.8 Å². The van der Waals surface area contributed by atoms with Crippen LogP contribution in [0.2, 0.25) is 0 Å². The molecule has 1 aromatic heterocycles. The summed E-state index contributed by atoms with van der Waals surface area (Å²) in [5.74, 6) is -1.29. The molecule has 2 aromatic rings. The number of furan rings is 1. The van der Waals surface area contributed by atoms with Crippen molar-refractivity contribution in [2.75, 3.05) is 52.5 Å². The Kier molecular flexibility index (Phi) is 9.73. The predicted octanol–water partition coefficient (Wildman–Crippen LogP) is 1.24. The lowest BCUT2D eigenvalue weighted by molar-refractivity contribution is -0.127. The van der Waals surface area contributed by atoms with Gasteiger partial charge in [0.2, 0.25) is 5.70 Å². The van der Waals surface area contributed by atoms with Crippen molar-refractivity contribution in [3.05, 3.63) is 59.3 Å². The van der Waals surface area contributed by atoms with Gasteiger partial charge in [0, 0.05) is 56.2 Å². The van der Waals surface area contributed by atoms with Crippen molar-refractivity contribution in [3.8, 4) is 0 Å². The molecule has 4 heterocycles. The zero-order chi connectivity index (χ0) is 30.6. The molecule has 3 fully saturated rings. The van der Waals surface area contributed by atoms with Crippen LogP contribution in [-0.2, 0) is 16.0 Å². The molecule has 3 amide bonds. The Morgan fingerprint density at radius 1 is 1.19 bits per heavy atom. The standard InChI is InChI=1S/C30H41BN6O6/c1-30(2,36-13-11-35(12-14-36)23-19-42-20-23)16-25(32-3)28(38)37-10-6-7-22(37)17-33-29(39)34-27(31(40)41)15-21-18-43-26-9-5-4-8-24(21)26/h4-5,8-9,16,18,22-23,27,40-41H,6-7,10-15,17,19-20H2,1-2H3,(H2,33,34,39)/t22-,27+/m1/s1. The fourth-order valence-electron chi connectivity index (χ4n) is 6.22. The third-order valence-electron chi connectivity index (χ3n) is 8.91. The first-order valence-corrected chi connectivity index (χ1v) is 15.0. The number of ether oxygens (including phenoxy) is 1. The first kappa shape index (κ1) is 31.0. The van der Waals surface area contributed by atoms with Crippen molar-refractivity contribution in [3.63, 3.8) is 0 Å². The number of benzene rings is 1. The lowest BCUT2D eigenvalue weighted by Crippen LogP contribution is -2.59. The van der Waals surface area contributed by atoms with E-state index in [1.807, 2.05) is 38.1 Å². The number of rotatable bonds is 10. The fraction of sp³-hybridized carbons (Fsp3) is 0.567. The van der Waals surface area contributed by atoms with Crippen molar-refractivity contribution in [1.82, 2.24) is 25.3 Å². The molecule has 0 radical (unpaired) electrons. The molecule has 43 heavy (non-hydrogen) atoms. The molecular formula is C30H41BN6O6. The maximum Gasteiger partial charge on any atom is 0.475 e. The van der Waals surface area contributed by atoms with E-state index in [4.69, 9.17) is 15.7 Å². The highest BCUT2D eigenvalue weighted by atomic mass is 16.5. The van der Waals surface area contributed by atoms with E-state index in [1.165, 1.54) is 0 Å². The SMILES string of the molecule is [C-]#[N+]C(=CC(C)(C)N1CCN(C2COC2)CC1)C(=O)N1CCC[C@@H]1CNC(=O)N[C@@H](Cc1coc2ccccc12)B(O)O. The van der Waals surface area contributed by atoms with Crippen LogP contribution in [0.25, 0.3) is 15.8 Å². The number of hydrogen-bond donors (Lipinski definition) is 4. The molecule has 5 rings (SSSR count). The van der Waals surface area contributed by atoms with Gasteiger partial charge in [0.1, 0.15) is 5.58 Å². The van der Waals surface area contributed by atoms with Crippen molar-refractivity contribution in [1.29, 1.82) is 0 Å². The summed E-state index contributed by atoms with van der Waals surface area (Å²) < 4.78 is 10.9. The molecule has 12 nitrogen and oxygen atoms in total. The quantitative estimate of drug-likeness (QED) is 0.184. The van der Waals surface area contributed by atoms with Crippen molar-refractivity contribution < 1.29 is 28.8 Å². The monoisotopic (exact) mass is 592 g/mol. The molecule has 3 aliphatic heterocycles. The minimum Gasteiger partial charge on any atom is -0.464 e. The number of para-hydroxylation sites is 1. The number of amides is 3. The van der Waals surface area contributed by atoms with Gasteiger partial charge in [-0.2, -0.15) is 0 Å². The Morgan fingerprint density at radius 3 is 2.60 bits per heavy atom. The minimum absolute atomic E-state index is 0.0898. The molecule has 0 saturated carbocycles. The zero-order valence-corrected chi connectivity index (χ0v) is 24.9. The Labute approximate surface area is 252 Å². The van der Waals surface area contributed by atoms with Gasteiger partial charge >= 0.3 is 13.1 Å². The van der Waals surface area contributed by atoms with Crippen LogP contribution in [0.3, 0.4) is 0 Å². The summed E-state index contributed by atoms with van der Waals surface area (Å²) in [5, 5.41) is 26.1. The Hall–Kier alpha value is -3.41. The number of nitrogens with one attached hydrogen (secondary N) is 2. The fourth-order valence-corrected chi connectivity index (χ4v) is 6.22. The Bertz CT molecular complexity index is 1360. The molecule has 0 bridgehead atoms. The van der Waals surface area contributed by atoms with Crippen LogP contribution in [0.4, 0.5) is 4.79 Å². The Morgan fingerprint density at radius 2 is 1.93 bits per heavy atom. The number of carbonyl (C=O) groups is 2. The molecule has 0 aliphatic carbocycles. The van der Waals surface area contributed by atoms with E-state index in [2.05, 4.69) is 25.3 Å². The highest BCUT2D eigenvalue weighted by Crippen LogP contribution is 2.26. The number of hydrogen-bond acceptors (Lipinski definition) is 8. The van der Waals surface area contributed by atoms with Crippen molar-refractivity contribution in [2.45, 2.75) is 56.7 Å². The molecule has 0 spiro atoms. The molecule has 4 N–H and O–H groups in total. The smallest absolute Gasteiger partial charge is 0.464 e. The predicted molar refractivity (Wildman–Crippen MR) is 162 cm³/mol. The van der Waals surface area contributed by atoms with E-state index < -0.39 is 24.6 Å². The number of fused-ring (bicyclic) bond motifs is 1. The van der Waals surface area contributed by atoms with Crippen molar-refractivity contribution in [2.24, 2.45) is 0 Å². The van der Waals surface area contributed by atoms with Crippen LogP contribution in [0.1, 0.15) is 32.3 Å². The molecule has 2 atom stereocenters. The first-order chi connectivity index (χ1) is 20.7. The largest absolute Gasteiger partial charge is 0.475 e. The molecule has 3 aliphatic rings. The normalized spacial score (nSPS) is 21.3. The van der Waals surface area contributed by atoms with E-state index in [-0.39, 0.29) is 30.6 Å². The van der Waals surface area contributed by atoms with Gasteiger partial charge in [-0.1, -0.05) is 24.3 Å². The van der Waals surface area contributed by atoms with Crippen molar-refractivity contribution >= 4 is 30.0 Å². The third-order valence-corrected chi connectivity index (χ3v) is 8.91. The van der Waals surface area contributed by atoms with Crippen LogP contribution in [0.15, 0.2) is 46.7 Å². The van der Waals surface area contributed by atoms with Gasteiger partial charge < -0.3 is 34.7 Å². The number of carbonyl (C=O) groups excluding carboxylic acids is 2. The average molecular weight is 593 g/mol. The van der Waals surface area contributed by atoms with Crippen LogP contribution in [0, 0.1) is 6.57 Å². The third kappa shape index (κ3) is 7.22. The van der Waals surface area contributed by atoms with Gasteiger partial charge in [-0.25, -0.2) is 9.64 Å². The van der Waals surface area contributed by atoms with Gasteiger partial charge in [0.25, 0.3) is 5.91 Å². The number of urea groups is 1. The maximum atomic E-state index is 13.5. The van der Waals surface area contributed by atoms with E-state index >= 15 is 0 Å². The highest BCUT2D eigenvalue weighted by molar-refractivity contribution is 6.43. The molecule has 13 heteroatoms. The Balaban J connectivity index is 1.15. The van der Waals surface area contributed by atoms with Gasteiger partial charge in [-0.3, -0.25) is 14.6 Å². The summed E-state index contributed by atoms with van der Waals surface area (Å²) in [4.78, 5) is 36.4. The summed E-state index contributed by atoms with van der Waals surface area (Å²) in [6, 6.07) is 7.07. The van der Waals surface area contributed by atoms with Gasteiger partial charge in [0.15, 0.2) is 0 Å². The molecule has 230 valence electrons. The van der Waals surface area contributed by atoms with Gasteiger partial charge in [-0.05, 0) is 44.7 Å². The summed E-state index contributed by atoms with van der Waals surface area (Å²) >= 11 is 0.